The third-order valence-electron chi connectivity index (χ3n) is 6.45. The van der Waals surface area contributed by atoms with Crippen molar-refractivity contribution < 1.29 is 5.11 Å². The molecule has 0 spiro atoms. The molecule has 1 aliphatic carbocycles. The van der Waals surface area contributed by atoms with Crippen LogP contribution in [0.4, 0.5) is 11.8 Å². The highest BCUT2D eigenvalue weighted by Crippen LogP contribution is 2.33. The molecule has 0 amide bonds. The molecule has 8 heteroatoms. The van der Waals surface area contributed by atoms with Crippen LogP contribution in [-0.4, -0.2) is 37.3 Å². The number of nitrogens with zero attached hydrogens (tertiary/aromatic N) is 4. The number of aliphatic hydroxyl groups is 1. The standard InChI is InChI=1S/C25H30N6OS/c1-2-20(14-32)28-25-29-23(22-24(30-25)31(16-27-22)21-5-3-4-6-21)26-13-17-7-9-18(10-8-17)19-11-12-33-15-19/h7-12,15-16,20-21,32H,2-6,13-14H2,1H3,(H2,26,28,29,30)/t20-/m1/s1. The van der Waals surface area contributed by atoms with Crippen LogP contribution >= 0.6 is 11.3 Å². The van der Waals surface area contributed by atoms with Gasteiger partial charge in [-0.15, -0.1) is 0 Å². The van der Waals surface area contributed by atoms with Gasteiger partial charge in [-0.25, -0.2) is 4.98 Å². The van der Waals surface area contributed by atoms with E-state index in [9.17, 15) is 5.11 Å². The van der Waals surface area contributed by atoms with E-state index >= 15 is 0 Å². The summed E-state index contributed by atoms with van der Waals surface area (Å²) in [4.78, 5) is 14.2. The van der Waals surface area contributed by atoms with Gasteiger partial charge < -0.3 is 20.3 Å². The number of imidazole rings is 1. The summed E-state index contributed by atoms with van der Waals surface area (Å²) in [5, 5.41) is 20.7. The van der Waals surface area contributed by atoms with E-state index in [1.807, 2.05) is 13.3 Å². The lowest BCUT2D eigenvalue weighted by Crippen LogP contribution is -2.24. The molecule has 1 atom stereocenters. The second-order valence-corrected chi connectivity index (χ2v) is 9.43. The Hall–Kier alpha value is -2.97. The van der Waals surface area contributed by atoms with Crippen LogP contribution in [0, 0.1) is 0 Å². The third-order valence-corrected chi connectivity index (χ3v) is 7.14. The topological polar surface area (TPSA) is 87.9 Å². The van der Waals surface area contributed by atoms with E-state index in [4.69, 9.17) is 9.97 Å². The first kappa shape index (κ1) is 21.9. The summed E-state index contributed by atoms with van der Waals surface area (Å²) in [6.07, 6.45) is 7.50. The van der Waals surface area contributed by atoms with Crippen molar-refractivity contribution in [1.29, 1.82) is 0 Å². The molecule has 1 aliphatic rings. The van der Waals surface area contributed by atoms with E-state index in [1.165, 1.54) is 29.5 Å². The lowest BCUT2D eigenvalue weighted by Gasteiger charge is -2.17. The number of thiophene rings is 1. The van der Waals surface area contributed by atoms with Crippen molar-refractivity contribution in [2.75, 3.05) is 17.2 Å². The highest BCUT2D eigenvalue weighted by atomic mass is 32.1. The van der Waals surface area contributed by atoms with Gasteiger partial charge in [0.05, 0.1) is 19.0 Å². The van der Waals surface area contributed by atoms with Gasteiger partial charge in [0, 0.05) is 12.6 Å². The minimum absolute atomic E-state index is 0.0407. The van der Waals surface area contributed by atoms with Crippen LogP contribution in [0.3, 0.4) is 0 Å². The van der Waals surface area contributed by atoms with E-state index in [-0.39, 0.29) is 12.6 Å². The Balaban J connectivity index is 1.41. The second-order valence-electron chi connectivity index (χ2n) is 8.65. The van der Waals surface area contributed by atoms with Crippen LogP contribution < -0.4 is 10.6 Å². The van der Waals surface area contributed by atoms with E-state index in [0.29, 0.717) is 24.4 Å². The second kappa shape index (κ2) is 9.89. The van der Waals surface area contributed by atoms with Gasteiger partial charge in [-0.3, -0.25) is 0 Å². The number of aromatic nitrogens is 4. The quantitative estimate of drug-likeness (QED) is 0.306. The van der Waals surface area contributed by atoms with Crippen LogP contribution in [0.15, 0.2) is 47.4 Å². The van der Waals surface area contributed by atoms with Gasteiger partial charge in [-0.2, -0.15) is 21.3 Å². The fraction of sp³-hybridized carbons (Fsp3) is 0.400. The van der Waals surface area contributed by atoms with E-state index in [1.54, 1.807) is 11.3 Å². The summed E-state index contributed by atoms with van der Waals surface area (Å²) in [6.45, 7) is 2.72. The maximum absolute atomic E-state index is 9.65. The monoisotopic (exact) mass is 462 g/mol. The average Bonchev–Trinajstić information content (AvgIpc) is 3.62. The highest BCUT2D eigenvalue weighted by Gasteiger charge is 2.22. The Kier molecular flexibility index (Phi) is 6.55. The Morgan fingerprint density at radius 2 is 1.94 bits per heavy atom. The third kappa shape index (κ3) is 4.72. The van der Waals surface area contributed by atoms with E-state index < -0.39 is 0 Å². The predicted molar refractivity (Wildman–Crippen MR) is 135 cm³/mol. The molecule has 1 fully saturated rings. The van der Waals surface area contributed by atoms with Crippen LogP contribution in [0.1, 0.15) is 50.6 Å². The number of nitrogens with one attached hydrogen (secondary N) is 2. The van der Waals surface area contributed by atoms with Crippen LogP contribution in [0.5, 0.6) is 0 Å². The predicted octanol–water partition coefficient (Wildman–Crippen LogP) is 5.46. The molecule has 3 N–H and O–H groups in total. The number of hydrogen-bond acceptors (Lipinski definition) is 7. The number of rotatable bonds is 9. The first-order valence-corrected chi connectivity index (χ1v) is 12.7. The van der Waals surface area contributed by atoms with Gasteiger partial charge in [0.2, 0.25) is 5.95 Å². The first-order chi connectivity index (χ1) is 16.2. The van der Waals surface area contributed by atoms with Crippen molar-refractivity contribution in [3.8, 4) is 11.1 Å². The number of benzene rings is 1. The van der Waals surface area contributed by atoms with Gasteiger partial charge in [-0.05, 0) is 52.8 Å². The summed E-state index contributed by atoms with van der Waals surface area (Å²) in [6, 6.07) is 11.1. The molecule has 3 heterocycles. The van der Waals surface area contributed by atoms with Crippen LogP contribution in [0.25, 0.3) is 22.3 Å². The highest BCUT2D eigenvalue weighted by molar-refractivity contribution is 7.08. The normalized spacial score (nSPS) is 15.2. The summed E-state index contributed by atoms with van der Waals surface area (Å²) in [5.74, 6) is 1.24. The SMILES string of the molecule is CC[C@H](CO)Nc1nc(NCc2ccc(-c3ccsc3)cc2)c2ncn(C3CCCC3)c2n1. The minimum atomic E-state index is -0.0807. The molecule has 1 aromatic carbocycles. The van der Waals surface area contributed by atoms with Gasteiger partial charge in [0.25, 0.3) is 0 Å². The molecule has 172 valence electrons. The molecule has 33 heavy (non-hydrogen) atoms. The molecular weight excluding hydrogens is 432 g/mol. The molecule has 7 nitrogen and oxygen atoms in total. The van der Waals surface area contributed by atoms with Crippen molar-refractivity contribution in [3.05, 3.63) is 53.0 Å². The molecule has 5 rings (SSSR count). The molecule has 1 saturated carbocycles. The maximum Gasteiger partial charge on any atom is 0.227 e. The molecule has 0 unspecified atom stereocenters. The van der Waals surface area contributed by atoms with Crippen LogP contribution in [-0.2, 0) is 6.54 Å². The molecule has 0 saturated heterocycles. The van der Waals surface area contributed by atoms with Gasteiger partial charge in [-0.1, -0.05) is 44.0 Å². The molecule has 4 aromatic rings. The lowest BCUT2D eigenvalue weighted by atomic mass is 10.1. The van der Waals surface area contributed by atoms with Crippen molar-refractivity contribution in [3.63, 3.8) is 0 Å². The zero-order chi connectivity index (χ0) is 22.6. The van der Waals surface area contributed by atoms with Crippen molar-refractivity contribution >= 4 is 34.3 Å². The fourth-order valence-corrected chi connectivity index (χ4v) is 5.11. The van der Waals surface area contributed by atoms with Crippen molar-refractivity contribution in [2.45, 2.75) is 57.7 Å². The number of aliphatic hydroxyl groups excluding tert-OH is 1. The Labute approximate surface area is 197 Å². The Morgan fingerprint density at radius 1 is 1.12 bits per heavy atom. The van der Waals surface area contributed by atoms with E-state index in [2.05, 4.69) is 61.3 Å². The summed E-state index contributed by atoms with van der Waals surface area (Å²) < 4.78 is 2.20. The van der Waals surface area contributed by atoms with Gasteiger partial charge in [0.15, 0.2) is 17.0 Å². The fourth-order valence-electron chi connectivity index (χ4n) is 4.44. The molecular formula is C25H30N6OS. The molecule has 0 radical (unpaired) electrons. The molecule has 3 aromatic heterocycles. The smallest absolute Gasteiger partial charge is 0.227 e. The Bertz CT molecular complexity index is 1180. The number of anilines is 2. The summed E-state index contributed by atoms with van der Waals surface area (Å²) in [5.41, 5.74) is 5.29. The lowest BCUT2D eigenvalue weighted by molar-refractivity contribution is 0.271. The zero-order valence-corrected chi connectivity index (χ0v) is 19.7. The van der Waals surface area contributed by atoms with Gasteiger partial charge >= 0.3 is 0 Å². The number of fused-ring (bicyclic) bond motifs is 1. The maximum atomic E-state index is 9.65. The van der Waals surface area contributed by atoms with Crippen LogP contribution in [0.2, 0.25) is 0 Å². The summed E-state index contributed by atoms with van der Waals surface area (Å²) in [7, 11) is 0. The first-order valence-electron chi connectivity index (χ1n) is 11.7. The van der Waals surface area contributed by atoms with E-state index in [0.717, 1.165) is 30.4 Å². The van der Waals surface area contributed by atoms with Crippen molar-refractivity contribution in [2.24, 2.45) is 0 Å². The molecule has 0 aliphatic heterocycles. The van der Waals surface area contributed by atoms with Gasteiger partial charge in [0.1, 0.15) is 0 Å². The zero-order valence-electron chi connectivity index (χ0n) is 18.9. The largest absolute Gasteiger partial charge is 0.394 e. The van der Waals surface area contributed by atoms with Crippen molar-refractivity contribution in [1.82, 2.24) is 19.5 Å². The number of hydrogen-bond donors (Lipinski definition) is 3. The molecule has 0 bridgehead atoms. The Morgan fingerprint density at radius 3 is 2.64 bits per heavy atom. The minimum Gasteiger partial charge on any atom is -0.394 e. The average molecular weight is 463 g/mol. The summed E-state index contributed by atoms with van der Waals surface area (Å²) >= 11 is 1.71.